The second-order valence-electron chi connectivity index (χ2n) is 9.23. The number of carboxylic acid groups (broad SMARTS) is 1. The third kappa shape index (κ3) is 3.50. The van der Waals surface area contributed by atoms with Gasteiger partial charge in [0.25, 0.3) is 11.8 Å². The third-order valence-corrected chi connectivity index (χ3v) is 6.38. The van der Waals surface area contributed by atoms with Crippen molar-refractivity contribution in [2.24, 2.45) is 5.41 Å². The van der Waals surface area contributed by atoms with Gasteiger partial charge in [0, 0.05) is 21.2 Å². The van der Waals surface area contributed by atoms with Crippen molar-refractivity contribution in [3.8, 4) is 0 Å². The molecule has 1 spiro atoms. The van der Waals surface area contributed by atoms with Crippen molar-refractivity contribution in [1.29, 1.82) is 0 Å². The summed E-state index contributed by atoms with van der Waals surface area (Å²) >= 11 is 12.1. The predicted octanol–water partition coefficient (Wildman–Crippen LogP) is 2.59. The van der Waals surface area contributed by atoms with Gasteiger partial charge in [-0.15, -0.1) is 0 Å². The molecule has 1 N–H and O–H groups in total. The number of aliphatic carboxylic acids is 1. The molecule has 0 radical (unpaired) electrons. The molecule has 0 aliphatic carbocycles. The molecule has 0 bridgehead atoms. The van der Waals surface area contributed by atoms with Crippen LogP contribution < -0.4 is 15.3 Å². The maximum atomic E-state index is 14.3. The van der Waals surface area contributed by atoms with Crippen LogP contribution in [0.1, 0.15) is 31.9 Å². The van der Waals surface area contributed by atoms with Crippen LogP contribution in [0, 0.1) is 11.2 Å². The maximum absolute atomic E-state index is 14.3. The highest BCUT2D eigenvalue weighted by molar-refractivity contribution is 6.32. The number of nitrogens with zero attached hydrogens (tertiary/aromatic N) is 2. The number of hydrogen-bond acceptors (Lipinski definition) is 5. The van der Waals surface area contributed by atoms with Gasteiger partial charge in [-0.3, -0.25) is 19.4 Å². The number of carbonyl (C=O) groups is 4. The Bertz CT molecular complexity index is 1260. The minimum absolute atomic E-state index is 0.0212. The molecule has 34 heavy (non-hydrogen) atoms. The number of rotatable bonds is 4. The van der Waals surface area contributed by atoms with Gasteiger partial charge in [-0.25, -0.2) is 9.18 Å². The Morgan fingerprint density at radius 2 is 1.71 bits per heavy atom. The van der Waals surface area contributed by atoms with Gasteiger partial charge < -0.3 is 15.2 Å². The van der Waals surface area contributed by atoms with Gasteiger partial charge in [0.1, 0.15) is 5.82 Å². The lowest BCUT2D eigenvalue weighted by Crippen LogP contribution is -2.61. The number of fused-ring (bicyclic) bond motifs is 2. The molecule has 2 atom stereocenters. The van der Waals surface area contributed by atoms with Crippen molar-refractivity contribution in [3.05, 3.63) is 63.4 Å². The van der Waals surface area contributed by atoms with Gasteiger partial charge in [0.05, 0.1) is 24.2 Å². The molecule has 2 aromatic rings. The summed E-state index contributed by atoms with van der Waals surface area (Å²) in [4.78, 5) is 54.1. The molecule has 178 valence electrons. The third-order valence-electron chi connectivity index (χ3n) is 5.91. The second-order valence-corrected chi connectivity index (χ2v) is 10.1. The Morgan fingerprint density at radius 3 is 2.32 bits per heavy atom. The van der Waals surface area contributed by atoms with Crippen molar-refractivity contribution in [2.45, 2.75) is 38.9 Å². The van der Waals surface area contributed by atoms with E-state index in [1.165, 1.54) is 30.3 Å². The van der Waals surface area contributed by atoms with Crippen LogP contribution in [0.5, 0.6) is 0 Å². The van der Waals surface area contributed by atoms with E-state index in [0.717, 1.165) is 11.0 Å². The first-order valence-corrected chi connectivity index (χ1v) is 11.0. The van der Waals surface area contributed by atoms with E-state index in [9.17, 15) is 28.7 Å². The van der Waals surface area contributed by atoms with Gasteiger partial charge in [0.2, 0.25) is 5.54 Å². The Labute approximate surface area is 204 Å². The van der Waals surface area contributed by atoms with Gasteiger partial charge in [-0.05, 0) is 41.8 Å². The van der Waals surface area contributed by atoms with Crippen molar-refractivity contribution in [3.63, 3.8) is 0 Å². The quantitative estimate of drug-likeness (QED) is 0.506. The number of carbonyl (C=O) groups excluding carboxylic acids is 4. The number of benzene rings is 2. The number of amides is 4. The van der Waals surface area contributed by atoms with Crippen LogP contribution in [0.15, 0.2) is 36.4 Å². The van der Waals surface area contributed by atoms with Crippen LogP contribution in [0.3, 0.4) is 0 Å². The molecule has 8 nitrogen and oxygen atoms in total. The minimum Gasteiger partial charge on any atom is -0.548 e. The molecule has 4 amide bonds. The molecule has 2 aliphatic heterocycles. The summed E-state index contributed by atoms with van der Waals surface area (Å²) in [6.45, 7) is 4.31. The second kappa shape index (κ2) is 7.95. The lowest BCUT2D eigenvalue weighted by atomic mass is 9.85. The summed E-state index contributed by atoms with van der Waals surface area (Å²) < 4.78 is 14.3. The Hall–Kier alpha value is -3.17. The smallest absolute Gasteiger partial charge is 0.326 e. The molecule has 2 aliphatic rings. The molecule has 0 aromatic heterocycles. The standard InChI is InChI=1S/C23H20Cl2FN3O5/c1-22(2,3)17(18(30)31)29-16-7-5-13(25)9-14(16)23(20(29)33)19(32)28(21(34)27-23)10-11-8-12(24)4-6-15(11)26/h4-9,17H,10H2,1-3H3,(H,27,34)(H,30,31)/p-1. The van der Waals surface area contributed by atoms with Crippen LogP contribution >= 0.6 is 23.2 Å². The van der Waals surface area contributed by atoms with Crippen LogP contribution in [0.4, 0.5) is 14.9 Å². The molecule has 1 fully saturated rings. The number of carboxylic acids is 1. The molecule has 1 saturated heterocycles. The van der Waals surface area contributed by atoms with E-state index in [-0.39, 0.29) is 26.9 Å². The van der Waals surface area contributed by atoms with Crippen molar-refractivity contribution in [1.82, 2.24) is 10.2 Å². The highest BCUT2D eigenvalue weighted by Crippen LogP contribution is 2.48. The maximum Gasteiger partial charge on any atom is 0.326 e. The number of imide groups is 1. The number of anilines is 1. The topological polar surface area (TPSA) is 110 Å². The summed E-state index contributed by atoms with van der Waals surface area (Å²) in [5.41, 5.74) is -3.17. The molecule has 4 rings (SSSR count). The Kier molecular flexibility index (Phi) is 5.61. The van der Waals surface area contributed by atoms with Gasteiger partial charge >= 0.3 is 6.03 Å². The van der Waals surface area contributed by atoms with Crippen LogP contribution in [-0.4, -0.2) is 34.8 Å². The highest BCUT2D eigenvalue weighted by Gasteiger charge is 2.65. The Morgan fingerprint density at radius 1 is 1.09 bits per heavy atom. The van der Waals surface area contributed by atoms with E-state index in [1.54, 1.807) is 20.8 Å². The number of hydrogen-bond donors (Lipinski definition) is 1. The van der Waals surface area contributed by atoms with Crippen molar-refractivity contribution < 1.29 is 28.7 Å². The van der Waals surface area contributed by atoms with E-state index in [4.69, 9.17) is 23.2 Å². The fourth-order valence-corrected chi connectivity index (χ4v) is 4.78. The van der Waals surface area contributed by atoms with Crippen LogP contribution in [0.25, 0.3) is 0 Å². The van der Waals surface area contributed by atoms with Crippen LogP contribution in [0.2, 0.25) is 10.0 Å². The average molecular weight is 507 g/mol. The summed E-state index contributed by atoms with van der Waals surface area (Å²) in [5.74, 6) is -4.19. The minimum atomic E-state index is -2.26. The van der Waals surface area contributed by atoms with Crippen molar-refractivity contribution in [2.75, 3.05) is 4.90 Å². The average Bonchev–Trinajstić information content (AvgIpc) is 3.10. The van der Waals surface area contributed by atoms with Gasteiger partial charge in [0.15, 0.2) is 0 Å². The van der Waals surface area contributed by atoms with Crippen LogP contribution in [-0.2, 0) is 26.5 Å². The first kappa shape index (κ1) is 24.0. The van der Waals surface area contributed by atoms with E-state index < -0.39 is 53.2 Å². The summed E-state index contributed by atoms with van der Waals surface area (Å²) in [6, 6.07) is 5.43. The van der Waals surface area contributed by atoms with E-state index in [1.807, 2.05) is 0 Å². The summed E-state index contributed by atoms with van der Waals surface area (Å²) in [7, 11) is 0. The molecular weight excluding hydrogens is 488 g/mol. The van der Waals surface area contributed by atoms with Gasteiger partial charge in [-0.2, -0.15) is 0 Å². The van der Waals surface area contributed by atoms with E-state index >= 15 is 0 Å². The number of halogens is 3. The SMILES string of the molecule is CC(C)(C)C(C(=O)[O-])N1C(=O)C2(NC(=O)N(Cc3cc(Cl)ccc3F)C2=O)c2cc(Cl)ccc21. The molecule has 2 aromatic carbocycles. The lowest BCUT2D eigenvalue weighted by Gasteiger charge is -2.39. The monoisotopic (exact) mass is 506 g/mol. The summed E-state index contributed by atoms with van der Waals surface area (Å²) in [5, 5.41) is 14.9. The fraction of sp³-hybridized carbons (Fsp3) is 0.304. The largest absolute Gasteiger partial charge is 0.548 e. The lowest BCUT2D eigenvalue weighted by molar-refractivity contribution is -0.309. The first-order chi connectivity index (χ1) is 15.8. The van der Waals surface area contributed by atoms with E-state index in [0.29, 0.717) is 4.90 Å². The molecule has 0 saturated carbocycles. The number of nitrogens with one attached hydrogen (secondary N) is 1. The zero-order valence-corrected chi connectivity index (χ0v) is 19.8. The molecule has 11 heteroatoms. The number of urea groups is 1. The summed E-state index contributed by atoms with van der Waals surface area (Å²) in [6.07, 6.45) is 0. The molecular formula is C23H19Cl2FN3O5-. The molecule has 2 unspecified atom stereocenters. The normalized spacial score (nSPS) is 20.7. The van der Waals surface area contributed by atoms with Gasteiger partial charge in [-0.1, -0.05) is 44.0 Å². The fourth-order valence-electron chi connectivity index (χ4n) is 4.41. The first-order valence-electron chi connectivity index (χ1n) is 10.2. The zero-order chi connectivity index (χ0) is 25.2. The Balaban J connectivity index is 1.85. The molecule has 2 heterocycles. The highest BCUT2D eigenvalue weighted by atomic mass is 35.5. The van der Waals surface area contributed by atoms with E-state index in [2.05, 4.69) is 5.32 Å². The van der Waals surface area contributed by atoms with Crippen molar-refractivity contribution >= 4 is 52.7 Å². The predicted molar refractivity (Wildman–Crippen MR) is 119 cm³/mol. The zero-order valence-electron chi connectivity index (χ0n) is 18.3.